The van der Waals surface area contributed by atoms with Crippen molar-refractivity contribution in [3.8, 4) is 17.2 Å². The summed E-state index contributed by atoms with van der Waals surface area (Å²) in [5, 5.41) is 20.6. The predicted octanol–water partition coefficient (Wildman–Crippen LogP) is 5.65. The van der Waals surface area contributed by atoms with Crippen molar-refractivity contribution in [3.63, 3.8) is 0 Å². The molecule has 0 amide bonds. The average molecular weight is 429 g/mol. The molecule has 0 saturated carbocycles. The molecular weight excluding hydrogens is 418 g/mol. The highest BCUT2D eigenvalue weighted by Gasteiger charge is 2.16. The van der Waals surface area contributed by atoms with Crippen LogP contribution in [0.1, 0.15) is 12.5 Å². The summed E-state index contributed by atoms with van der Waals surface area (Å²) in [5.41, 5.74) is 1.22. The number of nitro groups is 1. The number of non-ortho nitro benzene ring substituents is 1. The topological polar surface area (TPSA) is 72.6 Å². The molecule has 0 aliphatic rings. The number of hydrogen-bond donors (Lipinski definition) is 1. The fourth-order valence-corrected chi connectivity index (χ4v) is 3.11. The maximum atomic E-state index is 10.8. The summed E-state index contributed by atoms with van der Waals surface area (Å²) in [4.78, 5) is 10.3. The highest BCUT2D eigenvalue weighted by atomic mass is 79.9. The van der Waals surface area contributed by atoms with Gasteiger partial charge in [0.25, 0.3) is 5.69 Å². The van der Waals surface area contributed by atoms with Crippen LogP contribution in [0.5, 0.6) is 17.2 Å². The highest BCUT2D eigenvalue weighted by Crippen LogP contribution is 2.40. The number of halogens is 2. The molecule has 0 radical (unpaired) electrons. The first-order chi connectivity index (χ1) is 10.3. The Labute approximate surface area is 143 Å². The molecule has 5 nitrogen and oxygen atoms in total. The molecule has 0 aromatic heterocycles. The van der Waals surface area contributed by atoms with Gasteiger partial charge in [-0.05, 0) is 62.6 Å². The van der Waals surface area contributed by atoms with Crippen LogP contribution in [0.3, 0.4) is 0 Å². The van der Waals surface area contributed by atoms with Gasteiger partial charge in [-0.2, -0.15) is 0 Å². The molecule has 114 valence electrons. The number of phenolic OH excluding ortho intramolecular Hbond substituents is 1. The van der Waals surface area contributed by atoms with E-state index in [1.165, 1.54) is 18.2 Å². The van der Waals surface area contributed by atoms with Crippen LogP contribution < -0.4 is 4.74 Å². The van der Waals surface area contributed by atoms with Crippen LogP contribution in [-0.2, 0) is 0 Å². The number of hydrogen-bond acceptors (Lipinski definition) is 4. The standard InChI is InChI=1S/C15H11Br2NO4/c1-8(2)11-7-10(3-4-14(11)19)22-15-12(16)5-9(18(20)21)6-13(15)17/h3-7,19H,1H2,2H3. The summed E-state index contributed by atoms with van der Waals surface area (Å²) >= 11 is 6.52. The maximum Gasteiger partial charge on any atom is 0.271 e. The van der Waals surface area contributed by atoms with E-state index in [2.05, 4.69) is 38.4 Å². The van der Waals surface area contributed by atoms with Gasteiger partial charge in [-0.3, -0.25) is 10.1 Å². The summed E-state index contributed by atoms with van der Waals surface area (Å²) in [7, 11) is 0. The lowest BCUT2D eigenvalue weighted by Crippen LogP contribution is -1.92. The van der Waals surface area contributed by atoms with E-state index in [1.807, 2.05) is 0 Å². The summed E-state index contributed by atoms with van der Waals surface area (Å²) in [6, 6.07) is 7.48. The van der Waals surface area contributed by atoms with Crippen molar-refractivity contribution in [1.82, 2.24) is 0 Å². The molecule has 2 aromatic rings. The average Bonchev–Trinajstić information content (AvgIpc) is 2.43. The minimum Gasteiger partial charge on any atom is -0.507 e. The molecular formula is C15H11Br2NO4. The molecule has 0 heterocycles. The lowest BCUT2D eigenvalue weighted by atomic mass is 10.1. The zero-order chi connectivity index (χ0) is 16.4. The van der Waals surface area contributed by atoms with Crippen LogP contribution >= 0.6 is 31.9 Å². The van der Waals surface area contributed by atoms with Crippen molar-refractivity contribution in [2.75, 3.05) is 0 Å². The fraction of sp³-hybridized carbons (Fsp3) is 0.0667. The third-order valence-electron chi connectivity index (χ3n) is 2.84. The van der Waals surface area contributed by atoms with E-state index >= 15 is 0 Å². The number of nitrogens with zero attached hydrogens (tertiary/aromatic N) is 1. The van der Waals surface area contributed by atoms with Crippen molar-refractivity contribution in [3.05, 3.63) is 61.5 Å². The zero-order valence-electron chi connectivity index (χ0n) is 11.5. The molecule has 2 rings (SSSR count). The smallest absolute Gasteiger partial charge is 0.271 e. The number of aromatic hydroxyl groups is 1. The van der Waals surface area contributed by atoms with Crippen LogP contribution in [0, 0.1) is 10.1 Å². The molecule has 0 unspecified atom stereocenters. The molecule has 0 spiro atoms. The van der Waals surface area contributed by atoms with Crippen molar-refractivity contribution >= 4 is 43.1 Å². The Balaban J connectivity index is 2.41. The normalized spacial score (nSPS) is 10.3. The monoisotopic (exact) mass is 427 g/mol. The first-order valence-electron chi connectivity index (χ1n) is 6.09. The van der Waals surface area contributed by atoms with Gasteiger partial charge in [0, 0.05) is 17.7 Å². The van der Waals surface area contributed by atoms with Gasteiger partial charge < -0.3 is 9.84 Å². The molecule has 0 aliphatic heterocycles. The van der Waals surface area contributed by atoms with Crippen molar-refractivity contribution in [1.29, 1.82) is 0 Å². The van der Waals surface area contributed by atoms with Crippen molar-refractivity contribution in [2.45, 2.75) is 6.92 Å². The number of allylic oxidation sites excluding steroid dienone is 1. The molecule has 0 atom stereocenters. The van der Waals surface area contributed by atoms with Gasteiger partial charge >= 0.3 is 0 Å². The largest absolute Gasteiger partial charge is 0.507 e. The van der Waals surface area contributed by atoms with Gasteiger partial charge in [-0.25, -0.2) is 0 Å². The van der Waals surface area contributed by atoms with Gasteiger partial charge in [0.1, 0.15) is 11.5 Å². The quantitative estimate of drug-likeness (QED) is 0.504. The van der Waals surface area contributed by atoms with Crippen LogP contribution in [0.15, 0.2) is 45.9 Å². The first-order valence-corrected chi connectivity index (χ1v) is 7.68. The molecule has 0 aliphatic carbocycles. The Kier molecular flexibility index (Phi) is 4.87. The van der Waals surface area contributed by atoms with E-state index in [1.54, 1.807) is 19.1 Å². The zero-order valence-corrected chi connectivity index (χ0v) is 14.6. The Morgan fingerprint density at radius 2 is 1.86 bits per heavy atom. The van der Waals surface area contributed by atoms with Crippen molar-refractivity contribution in [2.24, 2.45) is 0 Å². The third kappa shape index (κ3) is 3.48. The van der Waals surface area contributed by atoms with E-state index < -0.39 is 4.92 Å². The number of benzene rings is 2. The van der Waals surface area contributed by atoms with E-state index in [0.717, 1.165) is 0 Å². The minimum atomic E-state index is -0.487. The van der Waals surface area contributed by atoms with Crippen molar-refractivity contribution < 1.29 is 14.8 Å². The predicted molar refractivity (Wildman–Crippen MR) is 91.4 cm³/mol. The van der Waals surface area contributed by atoms with Gasteiger partial charge in [0.05, 0.1) is 13.9 Å². The van der Waals surface area contributed by atoms with Gasteiger partial charge in [0.2, 0.25) is 0 Å². The van der Waals surface area contributed by atoms with Crippen LogP contribution in [0.4, 0.5) is 5.69 Å². The minimum absolute atomic E-state index is 0.0561. The number of nitro benzene ring substituents is 1. The van der Waals surface area contributed by atoms with Gasteiger partial charge in [0.15, 0.2) is 5.75 Å². The maximum absolute atomic E-state index is 10.8. The summed E-state index contributed by atoms with van der Waals surface area (Å²) in [6.07, 6.45) is 0. The molecule has 0 bridgehead atoms. The second-order valence-electron chi connectivity index (χ2n) is 4.56. The summed E-state index contributed by atoms with van der Waals surface area (Å²) in [5.74, 6) is 0.997. The van der Waals surface area contributed by atoms with Crippen LogP contribution in [0.2, 0.25) is 0 Å². The Morgan fingerprint density at radius 3 is 2.36 bits per heavy atom. The SMILES string of the molecule is C=C(C)c1cc(Oc2c(Br)cc([N+](=O)[O-])cc2Br)ccc1O. The molecule has 1 N–H and O–H groups in total. The molecule has 0 saturated heterocycles. The first kappa shape index (κ1) is 16.5. The van der Waals surface area contributed by atoms with Crippen LogP contribution in [0.25, 0.3) is 5.57 Å². The fourth-order valence-electron chi connectivity index (χ4n) is 1.79. The second-order valence-corrected chi connectivity index (χ2v) is 6.27. The molecule has 0 fully saturated rings. The lowest BCUT2D eigenvalue weighted by Gasteiger charge is -2.12. The highest BCUT2D eigenvalue weighted by molar-refractivity contribution is 9.11. The van der Waals surface area contributed by atoms with E-state index in [-0.39, 0.29) is 11.4 Å². The number of ether oxygens (including phenoxy) is 1. The van der Waals surface area contributed by atoms with E-state index in [0.29, 0.717) is 31.6 Å². The molecule has 7 heteroatoms. The lowest BCUT2D eigenvalue weighted by molar-refractivity contribution is -0.385. The Morgan fingerprint density at radius 1 is 1.27 bits per heavy atom. The number of rotatable bonds is 4. The second kappa shape index (κ2) is 6.50. The molecule has 2 aromatic carbocycles. The molecule has 22 heavy (non-hydrogen) atoms. The van der Waals surface area contributed by atoms with Gasteiger partial charge in [-0.15, -0.1) is 0 Å². The van der Waals surface area contributed by atoms with Gasteiger partial charge in [-0.1, -0.05) is 6.58 Å². The van der Waals surface area contributed by atoms with Crippen LogP contribution in [-0.4, -0.2) is 10.0 Å². The van der Waals surface area contributed by atoms with E-state index in [4.69, 9.17) is 4.74 Å². The number of phenols is 1. The summed E-state index contributed by atoms with van der Waals surface area (Å²) in [6.45, 7) is 5.57. The Bertz CT molecular complexity index is 751. The third-order valence-corrected chi connectivity index (χ3v) is 4.02. The Hall–Kier alpha value is -1.86. The summed E-state index contributed by atoms with van der Waals surface area (Å²) < 4.78 is 6.64. The van der Waals surface area contributed by atoms with E-state index in [9.17, 15) is 15.2 Å².